The van der Waals surface area contributed by atoms with Gasteiger partial charge in [0.2, 0.25) is 5.78 Å². The Morgan fingerprint density at radius 1 is 0.806 bits per heavy atom. The molecule has 0 spiro atoms. The Morgan fingerprint density at radius 3 is 2.03 bits per heavy atom. The molecule has 0 aliphatic heterocycles. The number of benzene rings is 3. The molecule has 0 aromatic heterocycles. The number of esters is 1. The molecule has 0 radical (unpaired) electrons. The van der Waals surface area contributed by atoms with E-state index in [9.17, 15) is 9.59 Å². The number of ketones is 1. The second kappa shape index (κ2) is 10.8. The molecule has 160 valence electrons. The highest BCUT2D eigenvalue weighted by molar-refractivity contribution is 6.00. The van der Waals surface area contributed by atoms with Crippen molar-refractivity contribution in [2.75, 3.05) is 18.5 Å². The van der Waals surface area contributed by atoms with Crippen LogP contribution >= 0.6 is 0 Å². The van der Waals surface area contributed by atoms with Crippen LogP contribution in [0.3, 0.4) is 0 Å². The van der Waals surface area contributed by atoms with Crippen LogP contribution in [0, 0.1) is 0 Å². The third kappa shape index (κ3) is 6.60. The fourth-order valence-corrected chi connectivity index (χ4v) is 2.87. The zero-order valence-corrected chi connectivity index (χ0v) is 17.5. The summed E-state index contributed by atoms with van der Waals surface area (Å²) in [4.78, 5) is 24.5. The summed E-state index contributed by atoms with van der Waals surface area (Å²) >= 11 is 0. The van der Waals surface area contributed by atoms with E-state index in [4.69, 9.17) is 14.2 Å². The number of nitrogens with one attached hydrogen (secondary N) is 1. The molecule has 0 saturated heterocycles. The van der Waals surface area contributed by atoms with Crippen molar-refractivity contribution >= 4 is 23.1 Å². The Bertz CT molecular complexity index is 985. The number of para-hydroxylation sites is 1. The lowest BCUT2D eigenvalue weighted by Gasteiger charge is -2.13. The molecule has 0 heterocycles. The van der Waals surface area contributed by atoms with Crippen molar-refractivity contribution in [1.29, 1.82) is 0 Å². The van der Waals surface area contributed by atoms with Gasteiger partial charge in [-0.2, -0.15) is 0 Å². The van der Waals surface area contributed by atoms with Crippen molar-refractivity contribution < 1.29 is 23.8 Å². The highest BCUT2D eigenvalue weighted by Crippen LogP contribution is 2.20. The maximum absolute atomic E-state index is 12.4. The molecule has 3 rings (SSSR count). The monoisotopic (exact) mass is 419 g/mol. The first-order chi connectivity index (χ1) is 15.0. The Balaban J connectivity index is 1.46. The molecule has 0 bridgehead atoms. The van der Waals surface area contributed by atoms with Crippen LogP contribution in [0.4, 0.5) is 11.4 Å². The van der Waals surface area contributed by atoms with Crippen molar-refractivity contribution in [2.45, 2.75) is 20.0 Å². The summed E-state index contributed by atoms with van der Waals surface area (Å²) in [5, 5.41) is 3.27. The van der Waals surface area contributed by atoms with Crippen LogP contribution in [0.5, 0.6) is 11.5 Å². The van der Waals surface area contributed by atoms with E-state index in [0.717, 1.165) is 11.4 Å². The molecule has 1 N–H and O–H groups in total. The number of hydrogen-bond acceptors (Lipinski definition) is 6. The topological polar surface area (TPSA) is 73.9 Å². The molecule has 31 heavy (non-hydrogen) atoms. The molecule has 3 aromatic carbocycles. The SMILES string of the molecule is CCOc1ccc(C(=O)[C@@H](C)OC(=O)COc2ccc(Nc3ccccc3)cc2)cc1. The Labute approximate surface area is 181 Å². The van der Waals surface area contributed by atoms with Gasteiger partial charge in [0.1, 0.15) is 11.5 Å². The van der Waals surface area contributed by atoms with Crippen LogP contribution in [0.25, 0.3) is 0 Å². The molecule has 6 nitrogen and oxygen atoms in total. The lowest BCUT2D eigenvalue weighted by Crippen LogP contribution is -2.27. The van der Waals surface area contributed by atoms with Crippen LogP contribution in [0.15, 0.2) is 78.9 Å². The fourth-order valence-electron chi connectivity index (χ4n) is 2.87. The minimum Gasteiger partial charge on any atom is -0.494 e. The summed E-state index contributed by atoms with van der Waals surface area (Å²) in [6.07, 6.45) is -0.911. The Hall–Kier alpha value is -3.80. The van der Waals surface area contributed by atoms with E-state index in [1.807, 2.05) is 49.4 Å². The maximum Gasteiger partial charge on any atom is 0.344 e. The van der Waals surface area contributed by atoms with Crippen molar-refractivity contribution in [3.05, 3.63) is 84.4 Å². The van der Waals surface area contributed by atoms with Gasteiger partial charge in [-0.15, -0.1) is 0 Å². The minimum absolute atomic E-state index is 0.285. The van der Waals surface area contributed by atoms with Crippen LogP contribution in [0.2, 0.25) is 0 Å². The molecule has 3 aromatic rings. The van der Waals surface area contributed by atoms with E-state index in [1.54, 1.807) is 43.3 Å². The number of carbonyl (C=O) groups is 2. The van der Waals surface area contributed by atoms with Gasteiger partial charge in [0.05, 0.1) is 6.61 Å². The number of hydrogen-bond donors (Lipinski definition) is 1. The van der Waals surface area contributed by atoms with E-state index in [0.29, 0.717) is 23.7 Å². The van der Waals surface area contributed by atoms with Gasteiger partial charge in [-0.25, -0.2) is 4.79 Å². The Kier molecular flexibility index (Phi) is 7.65. The third-order valence-electron chi connectivity index (χ3n) is 4.40. The lowest BCUT2D eigenvalue weighted by molar-refractivity contribution is -0.148. The van der Waals surface area contributed by atoms with Gasteiger partial charge in [-0.1, -0.05) is 18.2 Å². The second-order valence-electron chi connectivity index (χ2n) is 6.76. The van der Waals surface area contributed by atoms with Crippen LogP contribution < -0.4 is 14.8 Å². The van der Waals surface area contributed by atoms with Gasteiger partial charge in [0.15, 0.2) is 12.7 Å². The molecule has 0 saturated carbocycles. The summed E-state index contributed by atoms with van der Waals surface area (Å²) in [6, 6.07) is 23.7. The number of Topliss-reactive ketones (excluding diaryl/α,β-unsaturated/α-hetero) is 1. The van der Waals surface area contributed by atoms with Gasteiger partial charge in [-0.05, 0) is 74.5 Å². The average molecular weight is 419 g/mol. The van der Waals surface area contributed by atoms with Crippen LogP contribution in [-0.2, 0) is 9.53 Å². The molecule has 6 heteroatoms. The van der Waals surface area contributed by atoms with E-state index in [-0.39, 0.29) is 12.4 Å². The first kappa shape index (κ1) is 21.9. The van der Waals surface area contributed by atoms with Crippen molar-refractivity contribution in [3.8, 4) is 11.5 Å². The average Bonchev–Trinajstić information content (AvgIpc) is 2.79. The molecular weight excluding hydrogens is 394 g/mol. The van der Waals surface area contributed by atoms with Gasteiger partial charge < -0.3 is 19.5 Å². The normalized spacial score (nSPS) is 11.3. The van der Waals surface area contributed by atoms with Gasteiger partial charge >= 0.3 is 5.97 Å². The highest BCUT2D eigenvalue weighted by atomic mass is 16.6. The largest absolute Gasteiger partial charge is 0.494 e. The van der Waals surface area contributed by atoms with Crippen molar-refractivity contribution in [2.24, 2.45) is 0 Å². The zero-order chi connectivity index (χ0) is 22.1. The first-order valence-electron chi connectivity index (χ1n) is 10.1. The predicted octanol–water partition coefficient (Wildman–Crippen LogP) is 5.02. The van der Waals surface area contributed by atoms with E-state index >= 15 is 0 Å². The maximum atomic E-state index is 12.4. The molecule has 0 fully saturated rings. The summed E-state index contributed by atoms with van der Waals surface area (Å²) in [5.74, 6) is 0.314. The van der Waals surface area contributed by atoms with E-state index in [1.165, 1.54) is 0 Å². The first-order valence-corrected chi connectivity index (χ1v) is 10.1. The van der Waals surface area contributed by atoms with Crippen molar-refractivity contribution in [1.82, 2.24) is 0 Å². The third-order valence-corrected chi connectivity index (χ3v) is 4.40. The molecular formula is C25H25NO5. The molecule has 0 unspecified atom stereocenters. The lowest BCUT2D eigenvalue weighted by atomic mass is 10.1. The number of rotatable bonds is 10. The molecule has 0 aliphatic carbocycles. The fraction of sp³-hybridized carbons (Fsp3) is 0.200. The van der Waals surface area contributed by atoms with Crippen LogP contribution in [0.1, 0.15) is 24.2 Å². The van der Waals surface area contributed by atoms with E-state index < -0.39 is 12.1 Å². The van der Waals surface area contributed by atoms with Gasteiger partial charge in [-0.3, -0.25) is 4.79 Å². The standard InChI is InChI=1S/C25H25NO5/c1-3-29-22-13-9-19(10-14-22)25(28)18(2)31-24(27)17-30-23-15-11-21(12-16-23)26-20-7-5-4-6-8-20/h4-16,18,26H,3,17H2,1-2H3/t18-/m1/s1. The smallest absolute Gasteiger partial charge is 0.344 e. The summed E-state index contributed by atoms with van der Waals surface area (Å²) in [7, 11) is 0. The number of anilines is 2. The van der Waals surface area contributed by atoms with Gasteiger partial charge in [0.25, 0.3) is 0 Å². The second-order valence-corrected chi connectivity index (χ2v) is 6.76. The predicted molar refractivity (Wildman–Crippen MR) is 119 cm³/mol. The Morgan fingerprint density at radius 2 is 1.39 bits per heavy atom. The van der Waals surface area contributed by atoms with Crippen molar-refractivity contribution in [3.63, 3.8) is 0 Å². The number of carbonyl (C=O) groups excluding carboxylic acids is 2. The zero-order valence-electron chi connectivity index (χ0n) is 17.5. The van der Waals surface area contributed by atoms with Gasteiger partial charge in [0, 0.05) is 16.9 Å². The summed E-state index contributed by atoms with van der Waals surface area (Å²) in [6.45, 7) is 3.69. The van der Waals surface area contributed by atoms with E-state index in [2.05, 4.69) is 5.32 Å². The molecule has 0 amide bonds. The quantitative estimate of drug-likeness (QED) is 0.367. The molecule has 0 aliphatic rings. The number of ether oxygens (including phenoxy) is 3. The minimum atomic E-state index is -0.911. The van der Waals surface area contributed by atoms with Crippen LogP contribution in [-0.4, -0.2) is 31.1 Å². The molecule has 1 atom stereocenters. The highest BCUT2D eigenvalue weighted by Gasteiger charge is 2.20. The summed E-state index contributed by atoms with van der Waals surface area (Å²) < 4.78 is 16.0. The summed E-state index contributed by atoms with van der Waals surface area (Å²) in [5.41, 5.74) is 2.33.